The van der Waals surface area contributed by atoms with Crippen molar-refractivity contribution in [1.82, 2.24) is 10.2 Å². The minimum absolute atomic E-state index is 0. The number of hydrogen-bond acceptors (Lipinski definition) is 3. The maximum Gasteiger partial charge on any atom is 0.416 e. The number of piperazine rings is 1. The SMILES string of the molecule is Cl.Cl.N#CC[C@H](c1cc(C(F)(F)F)ccc1Br)N1CCNCC1. The van der Waals surface area contributed by atoms with E-state index in [9.17, 15) is 13.2 Å². The zero-order valence-corrected chi connectivity index (χ0v) is 15.3. The third-order valence-corrected chi connectivity index (χ3v) is 4.28. The Morgan fingerprint density at radius 3 is 2.39 bits per heavy atom. The highest BCUT2D eigenvalue weighted by atomic mass is 79.9. The van der Waals surface area contributed by atoms with Crippen molar-refractivity contribution >= 4 is 40.7 Å². The van der Waals surface area contributed by atoms with Crippen LogP contribution in [0.5, 0.6) is 0 Å². The van der Waals surface area contributed by atoms with Gasteiger partial charge < -0.3 is 5.32 Å². The van der Waals surface area contributed by atoms with Crippen LogP contribution < -0.4 is 5.32 Å². The number of nitrogens with one attached hydrogen (secondary N) is 1. The number of nitriles is 1. The molecule has 1 aromatic rings. The fourth-order valence-electron chi connectivity index (χ4n) is 2.49. The van der Waals surface area contributed by atoms with Gasteiger partial charge in [-0.1, -0.05) is 15.9 Å². The number of rotatable bonds is 3. The van der Waals surface area contributed by atoms with E-state index in [2.05, 4.69) is 32.2 Å². The van der Waals surface area contributed by atoms with Crippen LogP contribution in [0.3, 0.4) is 0 Å². The third-order valence-electron chi connectivity index (χ3n) is 3.56. The van der Waals surface area contributed by atoms with Crippen molar-refractivity contribution in [2.24, 2.45) is 0 Å². The van der Waals surface area contributed by atoms with Gasteiger partial charge in [-0.25, -0.2) is 0 Å². The normalized spacial score (nSPS) is 16.7. The summed E-state index contributed by atoms with van der Waals surface area (Å²) in [5.74, 6) is 0. The van der Waals surface area contributed by atoms with Crippen LogP contribution in [-0.2, 0) is 6.18 Å². The van der Waals surface area contributed by atoms with Crippen LogP contribution in [0.15, 0.2) is 22.7 Å². The minimum Gasteiger partial charge on any atom is -0.314 e. The van der Waals surface area contributed by atoms with Crippen LogP contribution in [0, 0.1) is 11.3 Å². The van der Waals surface area contributed by atoms with Gasteiger partial charge in [0.25, 0.3) is 0 Å². The molecule has 1 fully saturated rings. The highest BCUT2D eigenvalue weighted by Crippen LogP contribution is 2.36. The summed E-state index contributed by atoms with van der Waals surface area (Å²) in [6.07, 6.45) is -4.21. The Kier molecular flexibility index (Phi) is 9.48. The molecule has 1 aliphatic rings. The van der Waals surface area contributed by atoms with Crippen LogP contribution in [0.25, 0.3) is 0 Å². The second kappa shape index (κ2) is 9.70. The molecule has 130 valence electrons. The molecule has 0 spiro atoms. The molecule has 1 aliphatic heterocycles. The fourth-order valence-corrected chi connectivity index (χ4v) is 3.00. The summed E-state index contributed by atoms with van der Waals surface area (Å²) in [4.78, 5) is 2.06. The highest BCUT2D eigenvalue weighted by molar-refractivity contribution is 9.10. The maximum atomic E-state index is 12.9. The second-order valence-corrected chi connectivity index (χ2v) is 5.75. The molecule has 23 heavy (non-hydrogen) atoms. The van der Waals surface area contributed by atoms with E-state index in [1.165, 1.54) is 6.07 Å². The molecular weight excluding hydrogens is 418 g/mol. The lowest BCUT2D eigenvalue weighted by Gasteiger charge is -2.34. The fraction of sp³-hybridized carbons (Fsp3) is 0.500. The van der Waals surface area contributed by atoms with E-state index in [0.717, 1.165) is 38.3 Å². The van der Waals surface area contributed by atoms with Gasteiger partial charge in [-0.15, -0.1) is 24.8 Å². The quantitative estimate of drug-likeness (QED) is 0.775. The second-order valence-electron chi connectivity index (χ2n) is 4.90. The summed E-state index contributed by atoms with van der Waals surface area (Å²) >= 11 is 3.32. The van der Waals surface area contributed by atoms with Crippen molar-refractivity contribution in [3.63, 3.8) is 0 Å². The summed E-state index contributed by atoms with van der Waals surface area (Å²) in [6, 6.07) is 5.36. The summed E-state index contributed by atoms with van der Waals surface area (Å²) in [5.41, 5.74) is -0.160. The molecule has 0 bridgehead atoms. The molecule has 9 heteroatoms. The Hall–Kier alpha value is -0.520. The largest absolute Gasteiger partial charge is 0.416 e. The van der Waals surface area contributed by atoms with Crippen molar-refractivity contribution in [1.29, 1.82) is 5.26 Å². The monoisotopic (exact) mass is 433 g/mol. The van der Waals surface area contributed by atoms with Gasteiger partial charge in [0.15, 0.2) is 0 Å². The predicted molar refractivity (Wildman–Crippen MR) is 91.1 cm³/mol. The van der Waals surface area contributed by atoms with Gasteiger partial charge >= 0.3 is 6.18 Å². The molecule has 0 aliphatic carbocycles. The first kappa shape index (κ1) is 22.5. The Balaban J connectivity index is 0.00000242. The minimum atomic E-state index is -4.38. The van der Waals surface area contributed by atoms with Crippen molar-refractivity contribution in [2.75, 3.05) is 26.2 Å². The number of hydrogen-bond donors (Lipinski definition) is 1. The maximum absolute atomic E-state index is 12.9. The standard InChI is InChI=1S/C14H15BrF3N3.2ClH/c15-12-2-1-10(14(16,17)18)9-11(12)13(3-4-19)21-7-5-20-6-8-21;;/h1-2,9,13,20H,3,5-8H2;2*1H/t13-;;/m1../s1. The van der Waals surface area contributed by atoms with E-state index in [-0.39, 0.29) is 37.3 Å². The van der Waals surface area contributed by atoms with E-state index in [1.807, 2.05) is 0 Å². The summed E-state index contributed by atoms with van der Waals surface area (Å²) in [6.45, 7) is 2.99. The lowest BCUT2D eigenvalue weighted by Crippen LogP contribution is -2.45. The lowest BCUT2D eigenvalue weighted by atomic mass is 9.99. The first-order valence-corrected chi connectivity index (χ1v) is 7.41. The van der Waals surface area contributed by atoms with E-state index < -0.39 is 11.7 Å². The molecule has 0 radical (unpaired) electrons. The summed E-state index contributed by atoms with van der Waals surface area (Å²) in [5, 5.41) is 12.2. The van der Waals surface area contributed by atoms with Crippen LogP contribution in [0.1, 0.15) is 23.6 Å². The number of nitrogens with zero attached hydrogens (tertiary/aromatic N) is 2. The lowest BCUT2D eigenvalue weighted by molar-refractivity contribution is -0.137. The summed E-state index contributed by atoms with van der Waals surface area (Å²) in [7, 11) is 0. The predicted octanol–water partition coefficient (Wildman–Crippen LogP) is 4.17. The molecule has 0 saturated carbocycles. The highest BCUT2D eigenvalue weighted by Gasteiger charge is 2.32. The first-order valence-electron chi connectivity index (χ1n) is 6.62. The van der Waals surface area contributed by atoms with Crippen molar-refractivity contribution in [3.05, 3.63) is 33.8 Å². The molecule has 0 unspecified atom stereocenters. The molecule has 1 N–H and O–H groups in total. The average Bonchev–Trinajstić information content (AvgIpc) is 2.45. The van der Waals surface area contributed by atoms with Gasteiger partial charge in [-0.2, -0.15) is 18.4 Å². The molecule has 1 atom stereocenters. The Morgan fingerprint density at radius 2 is 1.87 bits per heavy atom. The van der Waals surface area contributed by atoms with Crippen LogP contribution in [-0.4, -0.2) is 31.1 Å². The van der Waals surface area contributed by atoms with Gasteiger partial charge in [0, 0.05) is 36.7 Å². The number of halogens is 6. The zero-order valence-electron chi connectivity index (χ0n) is 12.1. The van der Waals surface area contributed by atoms with Crippen LogP contribution in [0.4, 0.5) is 13.2 Å². The summed E-state index contributed by atoms with van der Waals surface area (Å²) < 4.78 is 39.3. The Morgan fingerprint density at radius 1 is 1.26 bits per heavy atom. The van der Waals surface area contributed by atoms with Gasteiger partial charge in [0.2, 0.25) is 0 Å². The van der Waals surface area contributed by atoms with Crippen molar-refractivity contribution in [3.8, 4) is 6.07 Å². The van der Waals surface area contributed by atoms with Gasteiger partial charge in [0.1, 0.15) is 0 Å². The van der Waals surface area contributed by atoms with Crippen LogP contribution in [0.2, 0.25) is 0 Å². The molecule has 1 saturated heterocycles. The number of benzene rings is 1. The van der Waals surface area contributed by atoms with Gasteiger partial charge in [-0.3, -0.25) is 4.90 Å². The molecule has 2 rings (SSSR count). The van der Waals surface area contributed by atoms with Crippen LogP contribution >= 0.6 is 40.7 Å². The molecule has 0 amide bonds. The van der Waals surface area contributed by atoms with Crippen molar-refractivity contribution < 1.29 is 13.2 Å². The smallest absolute Gasteiger partial charge is 0.314 e. The average molecular weight is 435 g/mol. The van der Waals surface area contributed by atoms with Gasteiger partial charge in [-0.05, 0) is 23.8 Å². The molecule has 0 aromatic heterocycles. The Labute approximate surface area is 154 Å². The molecule has 1 heterocycles. The van der Waals surface area contributed by atoms with E-state index >= 15 is 0 Å². The van der Waals surface area contributed by atoms with Crippen molar-refractivity contribution in [2.45, 2.75) is 18.6 Å². The topological polar surface area (TPSA) is 39.1 Å². The van der Waals surface area contributed by atoms with E-state index in [1.54, 1.807) is 0 Å². The van der Waals surface area contributed by atoms with E-state index in [0.29, 0.717) is 10.0 Å². The third kappa shape index (κ3) is 5.80. The zero-order chi connectivity index (χ0) is 15.5. The van der Waals surface area contributed by atoms with E-state index in [4.69, 9.17) is 5.26 Å². The molecular formula is C14H17BrCl2F3N3. The Bertz CT molecular complexity index is 543. The first-order chi connectivity index (χ1) is 9.93. The molecule has 1 aromatic carbocycles. The molecule has 3 nitrogen and oxygen atoms in total. The number of alkyl halides is 3. The van der Waals surface area contributed by atoms with Gasteiger partial charge in [0.05, 0.1) is 18.1 Å².